The van der Waals surface area contributed by atoms with Crippen LogP contribution in [0.4, 0.5) is 75.5 Å². The Morgan fingerprint density at radius 1 is 0.403 bits per heavy atom. The van der Waals surface area contributed by atoms with Crippen molar-refractivity contribution in [2.75, 3.05) is 184 Å². The van der Waals surface area contributed by atoms with Crippen LogP contribution in [0.25, 0.3) is 55.9 Å². The fourth-order valence-electron chi connectivity index (χ4n) is 21.1. The van der Waals surface area contributed by atoms with E-state index in [1.807, 2.05) is 6.92 Å². The van der Waals surface area contributed by atoms with Crippen molar-refractivity contribution in [3.63, 3.8) is 0 Å². The summed E-state index contributed by atoms with van der Waals surface area (Å²) >= 11 is 0. The Bertz CT molecular complexity index is 6940. The number of nitrogens with two attached hydrogens (primary N) is 4. The molecule has 4 unspecified atom stereocenters. The Labute approximate surface area is 795 Å². The van der Waals surface area contributed by atoms with Crippen LogP contribution in [-0.2, 0) is 42.2 Å². The Morgan fingerprint density at radius 2 is 0.770 bits per heavy atom. The van der Waals surface area contributed by atoms with Gasteiger partial charge in [0, 0.05) is 219 Å². The monoisotopic (exact) mass is 1890 g/mol. The van der Waals surface area contributed by atoms with Crippen LogP contribution < -0.4 is 92.5 Å². The number of rotatable bonds is 19. The highest BCUT2D eigenvalue weighted by Gasteiger charge is 2.57. The second-order valence-electron chi connectivity index (χ2n) is 37.2. The number of halogens is 4. The van der Waals surface area contributed by atoms with Gasteiger partial charge in [-0.1, -0.05) is 0 Å². The Balaban J connectivity index is 0.000000104. The number of hydrogen-bond acceptors (Lipinski definition) is 38. The number of fused-ring (bicyclic) bond motifs is 14. The van der Waals surface area contributed by atoms with E-state index in [1.165, 1.54) is 29.1 Å². The summed E-state index contributed by atoms with van der Waals surface area (Å²) in [6.07, 6.45) is 18.4. The maximum Gasteiger partial charge on any atom is 0.324 e. The van der Waals surface area contributed by atoms with E-state index in [9.17, 15) is 17.6 Å². The van der Waals surface area contributed by atoms with Gasteiger partial charge in [-0.15, -0.1) is 10.2 Å². The second kappa shape index (κ2) is 35.7. The van der Waals surface area contributed by atoms with Crippen LogP contribution in [-0.4, -0.2) is 252 Å². The molecule has 15 heterocycles. The highest BCUT2D eigenvalue weighted by atomic mass is 19.1. The lowest BCUT2D eigenvalue weighted by Crippen LogP contribution is -2.37. The van der Waals surface area contributed by atoms with Crippen molar-refractivity contribution in [2.45, 2.75) is 76.0 Å². The third kappa shape index (κ3) is 16.9. The van der Waals surface area contributed by atoms with Crippen LogP contribution in [0, 0.1) is 59.3 Å². The topological polar surface area (TPSA) is 464 Å². The summed E-state index contributed by atoms with van der Waals surface area (Å²) in [5.41, 5.74) is 42.9. The number of aromatic nitrogens is 19. The molecule has 1 spiro atoms. The molecule has 714 valence electrons. The first-order valence-electron chi connectivity index (χ1n) is 46.8. The summed E-state index contributed by atoms with van der Waals surface area (Å²) in [6.45, 7) is 13.8. The predicted octanol–water partition coefficient (Wildman–Crippen LogP) is 9.27. The first-order chi connectivity index (χ1) is 67.6. The summed E-state index contributed by atoms with van der Waals surface area (Å²) in [5.74, 6) is 7.88. The third-order valence-electron chi connectivity index (χ3n) is 28.6. The Kier molecular flexibility index (Phi) is 22.7. The molecule has 43 heteroatoms. The van der Waals surface area contributed by atoms with Crippen molar-refractivity contribution >= 4 is 57.9 Å². The number of piperidine rings is 2. The quantitative estimate of drug-likeness (QED) is 0.0349. The fraction of sp³-hybridized carbons (Fsp3) is 0.396. The molecule has 0 amide bonds. The van der Waals surface area contributed by atoms with Crippen LogP contribution in [0.15, 0.2) is 104 Å². The largest absolute Gasteiger partial charge is 0.423 e. The lowest BCUT2D eigenvalue weighted by Gasteiger charge is -2.26. The molecule has 3 saturated carbocycles. The van der Waals surface area contributed by atoms with Crippen molar-refractivity contribution in [2.24, 2.45) is 59.1 Å². The maximum atomic E-state index is 14.5. The van der Waals surface area contributed by atoms with Gasteiger partial charge in [-0.3, -0.25) is 4.98 Å². The van der Waals surface area contributed by atoms with Crippen molar-refractivity contribution in [1.29, 1.82) is 0 Å². The number of tetrazole rings is 1. The molecule has 0 radical (unpaired) electrons. The number of nitrogens with one attached hydrogen (secondary N) is 4. The number of morpholine rings is 2. The molecular weight excluding hydrogens is 1790 g/mol. The number of anilines is 10. The molecule has 6 atom stereocenters. The number of pyridine rings is 1. The van der Waals surface area contributed by atoms with Crippen molar-refractivity contribution in [3.8, 4) is 103 Å². The van der Waals surface area contributed by atoms with Crippen molar-refractivity contribution in [1.82, 2.24) is 95.0 Å². The molecule has 0 bridgehead atoms. The van der Waals surface area contributed by atoms with Gasteiger partial charge in [-0.05, 0) is 154 Å². The van der Waals surface area contributed by atoms with Gasteiger partial charge >= 0.3 is 24.0 Å². The molecule has 9 aromatic heterocycles. The molecule has 4 aromatic carbocycles. The lowest BCUT2D eigenvalue weighted by atomic mass is 10.0. The van der Waals surface area contributed by atoms with E-state index < -0.39 is 0 Å². The van der Waals surface area contributed by atoms with Crippen LogP contribution in [0.2, 0.25) is 0 Å². The van der Waals surface area contributed by atoms with Gasteiger partial charge in [0.2, 0.25) is 17.7 Å². The maximum absolute atomic E-state index is 14.5. The summed E-state index contributed by atoms with van der Waals surface area (Å²) < 4.78 is 92.8. The number of benzene rings is 4. The normalized spacial score (nSPS) is 21.0. The minimum absolute atomic E-state index is 0.0624. The van der Waals surface area contributed by atoms with E-state index >= 15 is 0 Å². The highest BCUT2D eigenvalue weighted by Crippen LogP contribution is 2.57. The van der Waals surface area contributed by atoms with Crippen LogP contribution in [0.3, 0.4) is 0 Å². The molecular formula is C96H101F4N33O6. The molecule has 26 rings (SSSR count). The standard InChI is InChI=1S/C25H27FN8O2.C24H23FN10O.C24H27FN8O2.C23H24FN7O/c1-28-19-7-13(26)6-16-15(19)8-20-21(16)23(34-11-17-18(12-34)22(17)27)32-25(31-20)36-14-9-29-24(30-10-14)33-2-4-35-5-3-33;1-27-18-5-12(25)4-15-14(18)6-19-20(15)23(35-9-16-17(10-35)21(16)26)30-24(29-19)36-13-3-11(7-28-8-13)22-31-33-34(2)32-22;1-27-19-9-14(25)8-18-17(19)10-20-21(18)22(33-3-2-15(26)13-33)31-24(30-20)35-16-11-28-23(29-12-16)32-4-6-34-7-5-32;1-12-27-8-14(9-28-12)32-22-29-18-7-15-16(5-13(24)6-17(15)26-2)20(18)21(30-22)31-10-19(25)23(11-31)3-4-23/h6-7,9-10,17-18,22,28H,2-5,8,11-12,27H2,1H3;3-5,7-8,16-17,21,27H,6,9-10,26H2,1-2H3;8-9,11-12,15,27H,2-7,10,13,26H2,1H3;5-6,8-9,19,26H,3-4,7,10-11,25H2,1-2H3/t;;15-;19-/m..00/s1. The lowest BCUT2D eigenvalue weighted by molar-refractivity contribution is 0.122. The minimum Gasteiger partial charge on any atom is -0.423 e. The average molecular weight is 1890 g/mol. The van der Waals surface area contributed by atoms with Crippen LogP contribution in [0.5, 0.6) is 47.0 Å². The zero-order chi connectivity index (χ0) is 94.9. The molecule has 9 fully saturated rings. The molecule has 139 heavy (non-hydrogen) atoms. The number of nitrogens with zero attached hydrogens (tertiary/aromatic N) is 25. The Morgan fingerprint density at radius 3 is 1.12 bits per heavy atom. The minimum atomic E-state index is -0.303. The van der Waals surface area contributed by atoms with Gasteiger partial charge in [0.05, 0.1) is 99.6 Å². The van der Waals surface area contributed by atoms with E-state index in [4.69, 9.17) is 91.2 Å². The van der Waals surface area contributed by atoms with E-state index in [0.29, 0.717) is 141 Å². The van der Waals surface area contributed by atoms with E-state index in [1.54, 1.807) is 115 Å². The van der Waals surface area contributed by atoms with Gasteiger partial charge in [0.15, 0.2) is 17.2 Å². The first kappa shape index (κ1) is 88.3. The predicted molar refractivity (Wildman–Crippen MR) is 509 cm³/mol. The van der Waals surface area contributed by atoms with Gasteiger partial charge in [-0.2, -0.15) is 44.7 Å². The van der Waals surface area contributed by atoms with Crippen LogP contribution in [0.1, 0.15) is 70.1 Å². The second-order valence-corrected chi connectivity index (χ2v) is 37.2. The molecule has 6 aliphatic heterocycles. The van der Waals surface area contributed by atoms with Crippen LogP contribution >= 0.6 is 0 Å². The van der Waals surface area contributed by atoms with E-state index in [2.05, 4.69) is 101 Å². The summed E-state index contributed by atoms with van der Waals surface area (Å²) in [7, 11) is 8.88. The van der Waals surface area contributed by atoms with E-state index in [0.717, 1.165) is 220 Å². The SMILES string of the molecule is CNc1cc(F)cc2c1Cc1nc(Oc3cnc(C)nc3)nc(N3C[C@H](N)C4(CC4)C3)c1-2.CNc1cc(F)cc2c1Cc1nc(Oc3cnc(N4CCOCC4)nc3)nc(N3CC4C(N)C4C3)c1-2.CNc1cc(F)cc2c1Cc1nc(Oc3cnc(N4CCOCC4)nc3)nc(N3CC[C@H](N)C3)c1-2.CNc1cc(F)cc2c1Cc1nc(Oc3cncc(-c4nnn(C)n4)c3)nc(N3CC4C(N)C4C3)c1-2. The number of hydrogen-bond donors (Lipinski definition) is 8. The molecule has 13 aromatic rings. The van der Waals surface area contributed by atoms with Crippen molar-refractivity contribution < 1.29 is 46.0 Å². The average Bonchev–Trinajstić information content (AvgIpc) is 1.58. The number of ether oxygens (including phenoxy) is 6. The van der Waals surface area contributed by atoms with Gasteiger partial charge < -0.3 is 102 Å². The smallest absolute Gasteiger partial charge is 0.324 e. The Hall–Kier alpha value is -14.7. The van der Waals surface area contributed by atoms with Gasteiger partial charge in [0.1, 0.15) is 58.1 Å². The zero-order valence-electron chi connectivity index (χ0n) is 77.1. The molecule has 13 aliphatic rings. The highest BCUT2D eigenvalue weighted by molar-refractivity contribution is 5.92. The fourth-order valence-corrected chi connectivity index (χ4v) is 21.1. The summed E-state index contributed by atoms with van der Waals surface area (Å²) in [4.78, 5) is 82.9. The third-order valence-corrected chi connectivity index (χ3v) is 28.6. The van der Waals surface area contributed by atoms with Gasteiger partial charge in [0.25, 0.3) is 0 Å². The van der Waals surface area contributed by atoms with E-state index in [-0.39, 0.29) is 76.9 Å². The first-order valence-corrected chi connectivity index (χ1v) is 46.8. The summed E-state index contributed by atoms with van der Waals surface area (Å²) in [5, 5.41) is 24.6. The van der Waals surface area contributed by atoms with Crippen molar-refractivity contribution in [3.05, 3.63) is 178 Å². The zero-order valence-corrected chi connectivity index (χ0v) is 77.1. The number of aryl methyl sites for hydroxylation is 2. The molecule has 6 saturated heterocycles. The molecule has 39 nitrogen and oxygen atoms in total. The molecule has 12 N–H and O–H groups in total. The van der Waals surface area contributed by atoms with Gasteiger partial charge in [-0.25, -0.2) is 47.5 Å². The summed E-state index contributed by atoms with van der Waals surface area (Å²) in [6, 6.07) is 15.7. The molecule has 7 aliphatic carbocycles.